The molecule has 1 radical (unpaired) electrons. The molecule has 0 N–H and O–H groups in total. The summed E-state index contributed by atoms with van der Waals surface area (Å²) in [5.74, 6) is 0. The van der Waals surface area contributed by atoms with E-state index in [0.717, 1.165) is 12.6 Å². The Labute approximate surface area is 113 Å². The summed E-state index contributed by atoms with van der Waals surface area (Å²) in [6.45, 7) is 9.21. The van der Waals surface area contributed by atoms with Gasteiger partial charge in [-0.3, -0.25) is 0 Å². The summed E-state index contributed by atoms with van der Waals surface area (Å²) in [4.78, 5) is 0. The maximum atomic E-state index is 6.81. The molecule has 0 spiro atoms. The van der Waals surface area contributed by atoms with Gasteiger partial charge >= 0.3 is 0 Å². The Hall–Kier alpha value is 1.21. The molecule has 0 saturated heterocycles. The molecule has 1 unspecified atom stereocenters. The minimum Gasteiger partial charge on any atom is -0.111 e. The van der Waals surface area contributed by atoms with E-state index in [2.05, 4.69) is 44.9 Å². The van der Waals surface area contributed by atoms with Crippen LogP contribution < -0.4 is 0 Å². The molecule has 0 aromatic rings. The van der Waals surface area contributed by atoms with Crippen LogP contribution in [0.4, 0.5) is 0 Å². The molecule has 0 nitrogen and oxygen atoms in total. The van der Waals surface area contributed by atoms with Gasteiger partial charge in [-0.15, -0.1) is 19.5 Å². The van der Waals surface area contributed by atoms with Crippen molar-refractivity contribution in [2.24, 2.45) is 0 Å². The topological polar surface area (TPSA) is 0 Å². The van der Waals surface area contributed by atoms with Crippen LogP contribution in [0.5, 0.6) is 0 Å². The van der Waals surface area contributed by atoms with Gasteiger partial charge in [0.05, 0.1) is 4.62 Å². The summed E-state index contributed by atoms with van der Waals surface area (Å²) in [7, 11) is -0.0375. The fourth-order valence-corrected chi connectivity index (χ4v) is 6.30. The first-order valence-corrected chi connectivity index (χ1v) is 9.87. The second-order valence-corrected chi connectivity index (χ2v) is 10.2. The summed E-state index contributed by atoms with van der Waals surface area (Å²) in [5, 5.41) is 0. The van der Waals surface area contributed by atoms with Gasteiger partial charge in [0.2, 0.25) is 0 Å². The largest absolute Gasteiger partial charge is 0.111 e. The van der Waals surface area contributed by atoms with Crippen LogP contribution in [0.3, 0.4) is 0 Å². The van der Waals surface area contributed by atoms with Crippen LogP contribution in [0.2, 0.25) is 0 Å². The molecule has 0 bridgehead atoms. The molecule has 1 atom stereocenters. The Balaban J connectivity index is 0.00000196. The molecule has 1 aliphatic rings. The molecule has 0 fully saturated rings. The van der Waals surface area contributed by atoms with Crippen molar-refractivity contribution in [3.8, 4) is 0 Å². The van der Waals surface area contributed by atoms with E-state index in [-0.39, 0.29) is 39.0 Å². The van der Waals surface area contributed by atoms with Crippen molar-refractivity contribution < 1.29 is 18.6 Å². The molecule has 15 heavy (non-hydrogen) atoms. The smallest absolute Gasteiger partial charge is 0.0886 e. The second-order valence-electron chi connectivity index (χ2n) is 4.22. The van der Waals surface area contributed by atoms with E-state index in [1.165, 1.54) is 5.57 Å². The molecule has 4 heteroatoms. The summed E-state index contributed by atoms with van der Waals surface area (Å²) in [6, 6.07) is 0. The summed E-state index contributed by atoms with van der Waals surface area (Å²) < 4.78 is -0.0337. The third kappa shape index (κ3) is 4.18. The van der Waals surface area contributed by atoms with E-state index in [1.54, 1.807) is 0 Å². The van der Waals surface area contributed by atoms with Crippen molar-refractivity contribution >= 4 is 27.4 Å². The Morgan fingerprint density at radius 3 is 2.27 bits per heavy atom. The Morgan fingerprint density at radius 2 is 1.93 bits per heavy atom. The Bertz CT molecular complexity index is 261. The maximum absolute atomic E-state index is 6.81. The van der Waals surface area contributed by atoms with E-state index in [1.807, 2.05) is 0 Å². The van der Waals surface area contributed by atoms with Gasteiger partial charge in [-0.05, 0) is 44.8 Å². The molecule has 0 saturated carbocycles. The molecule has 85 valence electrons. The third-order valence-corrected chi connectivity index (χ3v) is 7.29. The first kappa shape index (κ1) is 16.2. The van der Waals surface area contributed by atoms with E-state index in [4.69, 9.17) is 11.6 Å². The van der Waals surface area contributed by atoms with E-state index < -0.39 is 0 Å². The fourth-order valence-electron chi connectivity index (χ4n) is 1.68. The molecule has 0 aromatic heterocycles. The van der Waals surface area contributed by atoms with Gasteiger partial charge in [-0.1, -0.05) is 26.1 Å². The second kappa shape index (κ2) is 6.83. The number of rotatable bonds is 4. The van der Waals surface area contributed by atoms with Gasteiger partial charge in [0.1, 0.15) is 0 Å². The van der Waals surface area contributed by atoms with E-state index >= 15 is 0 Å². The standard InChI is InChI=1S/C11H19ClP2.V/c1-13(2)9-11(12,14(3)4)10-7-5-6-8-10;/h5-7H,8-9H2,1-4H3;. The van der Waals surface area contributed by atoms with Crippen molar-refractivity contribution in [1.29, 1.82) is 0 Å². The summed E-state index contributed by atoms with van der Waals surface area (Å²) in [5.41, 5.74) is 1.44. The van der Waals surface area contributed by atoms with Gasteiger partial charge in [0.15, 0.2) is 0 Å². The van der Waals surface area contributed by atoms with Crippen molar-refractivity contribution in [2.45, 2.75) is 11.0 Å². The zero-order chi connectivity index (χ0) is 10.8. The first-order chi connectivity index (χ1) is 6.47. The minimum atomic E-state index is -0.116. The van der Waals surface area contributed by atoms with Gasteiger partial charge in [-0.2, -0.15) is 0 Å². The van der Waals surface area contributed by atoms with Gasteiger partial charge in [0.25, 0.3) is 0 Å². The molecule has 0 aromatic carbocycles. The van der Waals surface area contributed by atoms with Gasteiger partial charge in [-0.25, -0.2) is 0 Å². The van der Waals surface area contributed by atoms with Gasteiger partial charge < -0.3 is 0 Å². The van der Waals surface area contributed by atoms with Crippen molar-refractivity contribution in [1.82, 2.24) is 0 Å². The van der Waals surface area contributed by atoms with E-state index in [9.17, 15) is 0 Å². The number of halogens is 1. The first-order valence-electron chi connectivity index (χ1n) is 4.84. The van der Waals surface area contributed by atoms with Crippen LogP contribution in [-0.2, 0) is 18.6 Å². The van der Waals surface area contributed by atoms with Crippen LogP contribution in [0.1, 0.15) is 6.42 Å². The van der Waals surface area contributed by atoms with Crippen LogP contribution in [0, 0.1) is 0 Å². The van der Waals surface area contributed by atoms with Crippen molar-refractivity contribution in [3.05, 3.63) is 23.8 Å². The minimum absolute atomic E-state index is 0. The average molecular weight is 300 g/mol. The fraction of sp³-hybridized carbons (Fsp3) is 0.636. The predicted octanol–water partition coefficient (Wildman–Crippen LogP) is 4.29. The van der Waals surface area contributed by atoms with Gasteiger partial charge in [0, 0.05) is 18.6 Å². The summed E-state index contributed by atoms with van der Waals surface area (Å²) >= 11 is 6.81. The molecule has 0 heterocycles. The Morgan fingerprint density at radius 1 is 1.33 bits per heavy atom. The van der Waals surface area contributed by atoms with E-state index in [0.29, 0.717) is 0 Å². The zero-order valence-electron chi connectivity index (χ0n) is 9.87. The van der Waals surface area contributed by atoms with Crippen LogP contribution in [0.25, 0.3) is 0 Å². The average Bonchev–Trinajstić information content (AvgIpc) is 2.53. The van der Waals surface area contributed by atoms with Crippen LogP contribution in [0.15, 0.2) is 23.8 Å². The summed E-state index contributed by atoms with van der Waals surface area (Å²) in [6.07, 6.45) is 8.79. The number of hydrogen-bond donors (Lipinski definition) is 0. The third-order valence-electron chi connectivity index (χ3n) is 2.50. The van der Waals surface area contributed by atoms with Crippen LogP contribution >= 0.6 is 27.4 Å². The zero-order valence-corrected chi connectivity index (χ0v) is 13.8. The number of alkyl halides is 1. The molecule has 0 amide bonds. The maximum Gasteiger partial charge on any atom is 0.0886 e. The van der Waals surface area contributed by atoms with Crippen LogP contribution in [-0.4, -0.2) is 37.4 Å². The van der Waals surface area contributed by atoms with Crippen molar-refractivity contribution in [2.75, 3.05) is 32.8 Å². The number of hydrogen-bond acceptors (Lipinski definition) is 0. The normalized spacial score (nSPS) is 19.0. The SMILES string of the molecule is CP(C)CC(Cl)(C1=CC=CC1)P(C)C.[V]. The Kier molecular flexibility index (Phi) is 7.38. The molecular weight excluding hydrogens is 280 g/mol. The number of allylic oxidation sites excluding steroid dienone is 4. The molecule has 1 rings (SSSR count). The van der Waals surface area contributed by atoms with Crippen molar-refractivity contribution in [3.63, 3.8) is 0 Å². The monoisotopic (exact) mass is 299 g/mol. The molecular formula is C11H19ClP2V. The molecule has 0 aliphatic heterocycles. The predicted molar refractivity (Wildman–Crippen MR) is 72.8 cm³/mol. The quantitative estimate of drug-likeness (QED) is 0.537. The molecule has 1 aliphatic carbocycles.